The molecule has 3 N–H and O–H groups in total. The van der Waals surface area contributed by atoms with Crippen LogP contribution in [0.25, 0.3) is 0 Å². The van der Waals surface area contributed by atoms with E-state index < -0.39 is 21.2 Å². The van der Waals surface area contributed by atoms with Gasteiger partial charge >= 0.3 is 5.97 Å². The predicted molar refractivity (Wildman–Crippen MR) is 56.7 cm³/mol. The topological polar surface area (TPSA) is 98.5 Å². The number of sulfonamides is 1. The van der Waals surface area contributed by atoms with Gasteiger partial charge in [0.1, 0.15) is 0 Å². The number of methoxy groups -OCH3 is 1. The van der Waals surface area contributed by atoms with Crippen LogP contribution in [0.3, 0.4) is 0 Å². The SMILES string of the molecule is CCC(CN)NS(=O)(=O)C(C)C(=O)OC. The maximum absolute atomic E-state index is 11.6. The van der Waals surface area contributed by atoms with E-state index in [0.717, 1.165) is 7.11 Å². The summed E-state index contributed by atoms with van der Waals surface area (Å²) in [6.07, 6.45) is 0.573. The van der Waals surface area contributed by atoms with E-state index in [0.29, 0.717) is 6.42 Å². The van der Waals surface area contributed by atoms with Gasteiger partial charge in [0.05, 0.1) is 7.11 Å². The summed E-state index contributed by atoms with van der Waals surface area (Å²) >= 11 is 0. The molecule has 0 bridgehead atoms. The molecule has 0 radical (unpaired) electrons. The van der Waals surface area contributed by atoms with Crippen molar-refractivity contribution in [2.24, 2.45) is 5.73 Å². The summed E-state index contributed by atoms with van der Waals surface area (Å²) in [5.41, 5.74) is 5.36. The van der Waals surface area contributed by atoms with Crippen LogP contribution < -0.4 is 10.5 Å². The van der Waals surface area contributed by atoms with Crippen LogP contribution in [0, 0.1) is 0 Å². The molecule has 0 saturated heterocycles. The molecule has 0 aliphatic heterocycles. The molecule has 0 aliphatic carbocycles. The molecule has 0 spiro atoms. The van der Waals surface area contributed by atoms with E-state index in [1.807, 2.05) is 6.92 Å². The number of ether oxygens (including phenoxy) is 1. The largest absolute Gasteiger partial charge is 0.468 e. The van der Waals surface area contributed by atoms with E-state index in [-0.39, 0.29) is 12.6 Å². The van der Waals surface area contributed by atoms with Crippen molar-refractivity contribution in [1.82, 2.24) is 4.72 Å². The van der Waals surface area contributed by atoms with Crippen LogP contribution in [0.2, 0.25) is 0 Å². The van der Waals surface area contributed by atoms with Crippen LogP contribution in [0.15, 0.2) is 0 Å². The van der Waals surface area contributed by atoms with Gasteiger partial charge in [0.15, 0.2) is 5.25 Å². The normalized spacial score (nSPS) is 15.7. The Morgan fingerprint density at radius 1 is 1.53 bits per heavy atom. The van der Waals surface area contributed by atoms with Gasteiger partial charge in [-0.2, -0.15) is 0 Å². The third-order valence-corrected chi connectivity index (χ3v) is 3.89. The van der Waals surface area contributed by atoms with E-state index in [4.69, 9.17) is 5.73 Å². The summed E-state index contributed by atoms with van der Waals surface area (Å²) in [5.74, 6) is -0.783. The Bertz CT molecular complexity index is 298. The van der Waals surface area contributed by atoms with Crippen molar-refractivity contribution in [3.63, 3.8) is 0 Å². The minimum Gasteiger partial charge on any atom is -0.468 e. The highest BCUT2D eigenvalue weighted by molar-refractivity contribution is 7.90. The Morgan fingerprint density at radius 2 is 2.07 bits per heavy atom. The summed E-state index contributed by atoms with van der Waals surface area (Å²) in [5, 5.41) is -1.22. The van der Waals surface area contributed by atoms with Crippen molar-refractivity contribution in [1.29, 1.82) is 0 Å². The van der Waals surface area contributed by atoms with Gasteiger partial charge < -0.3 is 10.5 Å². The minimum atomic E-state index is -3.70. The number of nitrogens with two attached hydrogens (primary N) is 1. The summed E-state index contributed by atoms with van der Waals surface area (Å²) in [6.45, 7) is 3.28. The van der Waals surface area contributed by atoms with Gasteiger partial charge in [0, 0.05) is 12.6 Å². The quantitative estimate of drug-likeness (QED) is 0.591. The lowest BCUT2D eigenvalue weighted by Gasteiger charge is -2.17. The zero-order valence-electron chi connectivity index (χ0n) is 9.19. The van der Waals surface area contributed by atoms with Gasteiger partial charge in [0.25, 0.3) is 0 Å². The number of hydrogen-bond acceptors (Lipinski definition) is 5. The van der Waals surface area contributed by atoms with Crippen molar-refractivity contribution in [2.45, 2.75) is 31.6 Å². The zero-order valence-corrected chi connectivity index (χ0v) is 10.0. The summed E-state index contributed by atoms with van der Waals surface area (Å²) in [4.78, 5) is 11.0. The second-order valence-electron chi connectivity index (χ2n) is 3.17. The average Bonchev–Trinajstić information content (AvgIpc) is 2.23. The number of rotatable bonds is 6. The third kappa shape index (κ3) is 4.15. The Labute approximate surface area is 90.2 Å². The summed E-state index contributed by atoms with van der Waals surface area (Å²) < 4.78 is 29.9. The molecule has 0 aromatic heterocycles. The molecule has 6 nitrogen and oxygen atoms in total. The highest BCUT2D eigenvalue weighted by atomic mass is 32.2. The number of hydrogen-bond donors (Lipinski definition) is 2. The van der Waals surface area contributed by atoms with Gasteiger partial charge in [-0.3, -0.25) is 4.79 Å². The molecule has 15 heavy (non-hydrogen) atoms. The van der Waals surface area contributed by atoms with Crippen molar-refractivity contribution in [2.75, 3.05) is 13.7 Å². The molecule has 90 valence electrons. The fourth-order valence-electron chi connectivity index (χ4n) is 0.925. The van der Waals surface area contributed by atoms with Gasteiger partial charge in [-0.05, 0) is 13.3 Å². The Morgan fingerprint density at radius 3 is 2.40 bits per heavy atom. The van der Waals surface area contributed by atoms with Crippen LogP contribution in [0.5, 0.6) is 0 Å². The highest BCUT2D eigenvalue weighted by Crippen LogP contribution is 2.03. The standard InChI is InChI=1S/C8H18N2O4S/c1-4-7(5-9)10-15(12,13)6(2)8(11)14-3/h6-7,10H,4-5,9H2,1-3H3. The lowest BCUT2D eigenvalue weighted by molar-refractivity contribution is -0.139. The van der Waals surface area contributed by atoms with Crippen LogP contribution in [0.4, 0.5) is 0 Å². The Balaban J connectivity index is 4.61. The van der Waals surface area contributed by atoms with Crippen LogP contribution >= 0.6 is 0 Å². The second kappa shape index (κ2) is 6.04. The van der Waals surface area contributed by atoms with Gasteiger partial charge in [-0.1, -0.05) is 6.92 Å². The van der Waals surface area contributed by atoms with Crippen molar-refractivity contribution in [3.05, 3.63) is 0 Å². The Hall–Kier alpha value is -0.660. The van der Waals surface area contributed by atoms with Gasteiger partial charge in [0.2, 0.25) is 10.0 Å². The van der Waals surface area contributed by atoms with Gasteiger partial charge in [-0.25, -0.2) is 13.1 Å². The summed E-state index contributed by atoms with van der Waals surface area (Å²) in [7, 11) is -2.55. The van der Waals surface area contributed by atoms with E-state index in [2.05, 4.69) is 9.46 Å². The maximum atomic E-state index is 11.6. The van der Waals surface area contributed by atoms with Crippen LogP contribution in [-0.4, -0.2) is 39.3 Å². The first-order valence-corrected chi connectivity index (χ1v) is 6.22. The lowest BCUT2D eigenvalue weighted by atomic mass is 10.2. The monoisotopic (exact) mass is 238 g/mol. The zero-order chi connectivity index (χ0) is 12.1. The predicted octanol–water partition coefficient (Wildman–Crippen LogP) is -0.795. The van der Waals surface area contributed by atoms with E-state index in [9.17, 15) is 13.2 Å². The molecule has 2 unspecified atom stereocenters. The molecule has 0 heterocycles. The summed E-state index contributed by atoms with van der Waals surface area (Å²) in [6, 6.07) is -0.345. The smallest absolute Gasteiger partial charge is 0.325 e. The molecule has 0 aromatic rings. The number of esters is 1. The minimum absolute atomic E-state index is 0.198. The lowest BCUT2D eigenvalue weighted by Crippen LogP contribution is -2.46. The molecule has 2 atom stereocenters. The molecular weight excluding hydrogens is 220 g/mol. The second-order valence-corrected chi connectivity index (χ2v) is 5.20. The average molecular weight is 238 g/mol. The molecule has 0 aromatic carbocycles. The molecule has 0 rings (SSSR count). The van der Waals surface area contributed by atoms with E-state index in [1.165, 1.54) is 6.92 Å². The number of nitrogens with one attached hydrogen (secondary N) is 1. The molecule has 0 amide bonds. The van der Waals surface area contributed by atoms with Crippen molar-refractivity contribution >= 4 is 16.0 Å². The molecular formula is C8H18N2O4S. The molecule has 7 heteroatoms. The highest BCUT2D eigenvalue weighted by Gasteiger charge is 2.30. The first kappa shape index (κ1) is 14.3. The first-order chi connectivity index (χ1) is 6.88. The molecule has 0 saturated carbocycles. The van der Waals surface area contributed by atoms with E-state index in [1.54, 1.807) is 0 Å². The number of carbonyl (C=O) groups is 1. The van der Waals surface area contributed by atoms with Crippen molar-refractivity contribution in [3.8, 4) is 0 Å². The maximum Gasteiger partial charge on any atom is 0.325 e. The third-order valence-electron chi connectivity index (χ3n) is 2.11. The van der Waals surface area contributed by atoms with Gasteiger partial charge in [-0.15, -0.1) is 0 Å². The fraction of sp³-hybridized carbons (Fsp3) is 0.875. The molecule has 0 fully saturated rings. The Kier molecular flexibility index (Phi) is 5.77. The first-order valence-electron chi connectivity index (χ1n) is 4.68. The number of carbonyl (C=O) groups excluding carboxylic acids is 1. The molecule has 0 aliphatic rings. The van der Waals surface area contributed by atoms with E-state index >= 15 is 0 Å². The van der Waals surface area contributed by atoms with Crippen LogP contribution in [0.1, 0.15) is 20.3 Å². The van der Waals surface area contributed by atoms with Crippen LogP contribution in [-0.2, 0) is 19.6 Å². The van der Waals surface area contributed by atoms with Crippen molar-refractivity contribution < 1.29 is 17.9 Å². The fourth-order valence-corrected chi connectivity index (χ4v) is 2.21.